The van der Waals surface area contributed by atoms with Crippen molar-refractivity contribution in [1.29, 1.82) is 0 Å². The predicted molar refractivity (Wildman–Crippen MR) is 130 cm³/mol. The number of amides is 2. The largest absolute Gasteiger partial charge is 0.497 e. The summed E-state index contributed by atoms with van der Waals surface area (Å²) in [4.78, 5) is 28.9. The Morgan fingerprint density at radius 1 is 1.00 bits per heavy atom. The Hall–Kier alpha value is -2.90. The summed E-state index contributed by atoms with van der Waals surface area (Å²) in [5.41, 5.74) is 3.39. The molecule has 2 N–H and O–H groups in total. The van der Waals surface area contributed by atoms with Gasteiger partial charge in [-0.3, -0.25) is 9.59 Å². The molecule has 1 saturated heterocycles. The average molecular weight is 453 g/mol. The molecule has 0 bridgehead atoms. The molecule has 1 heterocycles. The first-order valence-corrected chi connectivity index (χ1v) is 11.4. The fourth-order valence-electron chi connectivity index (χ4n) is 4.28. The number of hydrogen-bond acceptors (Lipinski definition) is 5. The molecule has 7 nitrogen and oxygen atoms in total. The van der Waals surface area contributed by atoms with Crippen molar-refractivity contribution >= 4 is 11.8 Å². The van der Waals surface area contributed by atoms with Crippen molar-refractivity contribution in [2.24, 2.45) is 5.92 Å². The molecule has 0 saturated carbocycles. The minimum absolute atomic E-state index is 0.00729. The lowest BCUT2D eigenvalue weighted by Gasteiger charge is -2.19. The molecule has 1 aliphatic heterocycles. The molecule has 3 rings (SSSR count). The van der Waals surface area contributed by atoms with Crippen LogP contribution in [0.4, 0.5) is 0 Å². The van der Waals surface area contributed by atoms with Gasteiger partial charge in [0.15, 0.2) is 0 Å². The monoisotopic (exact) mass is 452 g/mol. The van der Waals surface area contributed by atoms with Gasteiger partial charge >= 0.3 is 0 Å². The first-order valence-electron chi connectivity index (χ1n) is 11.4. The standard InChI is InChI=1S/C26H36N4O3/c1-29(2)18-25(31)28-15-20-5-9-21(10-6-20)23-16-30(3)17-24(23)26(32)27-14-13-19-7-11-22(33-4)12-8-19/h5-12,23-24H,13-18H2,1-4H3,(H,27,32)(H,28,31)/t23-,24+/m0/s1. The van der Waals surface area contributed by atoms with Crippen LogP contribution in [0.15, 0.2) is 48.5 Å². The lowest BCUT2D eigenvalue weighted by Crippen LogP contribution is -2.35. The van der Waals surface area contributed by atoms with Crippen LogP contribution in [0.1, 0.15) is 22.6 Å². The van der Waals surface area contributed by atoms with Gasteiger partial charge < -0.3 is 25.2 Å². The second-order valence-corrected chi connectivity index (χ2v) is 9.08. The summed E-state index contributed by atoms with van der Waals surface area (Å²) in [7, 11) is 7.46. The van der Waals surface area contributed by atoms with Crippen molar-refractivity contribution in [3.63, 3.8) is 0 Å². The number of benzene rings is 2. The van der Waals surface area contributed by atoms with Crippen molar-refractivity contribution in [1.82, 2.24) is 20.4 Å². The number of nitrogens with zero attached hydrogens (tertiary/aromatic N) is 2. The zero-order valence-corrected chi connectivity index (χ0v) is 20.1. The van der Waals surface area contributed by atoms with E-state index >= 15 is 0 Å². The van der Waals surface area contributed by atoms with E-state index in [1.54, 1.807) is 7.11 Å². The van der Waals surface area contributed by atoms with Crippen LogP contribution in [0, 0.1) is 5.92 Å². The quantitative estimate of drug-likeness (QED) is 0.576. The molecule has 7 heteroatoms. The Labute approximate surface area is 197 Å². The highest BCUT2D eigenvalue weighted by atomic mass is 16.5. The average Bonchev–Trinajstić information content (AvgIpc) is 3.20. The minimum atomic E-state index is -0.0727. The van der Waals surface area contributed by atoms with Gasteiger partial charge in [-0.05, 0) is 56.4 Å². The Kier molecular flexibility index (Phi) is 8.86. The molecule has 2 aromatic rings. The molecule has 0 radical (unpaired) electrons. The predicted octanol–water partition coefficient (Wildman–Crippen LogP) is 1.88. The smallest absolute Gasteiger partial charge is 0.234 e. The number of methoxy groups -OCH3 is 1. The van der Waals surface area contributed by atoms with Gasteiger partial charge in [-0.1, -0.05) is 36.4 Å². The summed E-state index contributed by atoms with van der Waals surface area (Å²) in [6, 6.07) is 16.2. The van der Waals surface area contributed by atoms with Crippen molar-refractivity contribution < 1.29 is 14.3 Å². The van der Waals surface area contributed by atoms with Crippen LogP contribution in [0.5, 0.6) is 5.75 Å². The van der Waals surface area contributed by atoms with Crippen molar-refractivity contribution in [2.45, 2.75) is 18.9 Å². The molecule has 2 amide bonds. The second-order valence-electron chi connectivity index (χ2n) is 9.08. The van der Waals surface area contributed by atoms with E-state index < -0.39 is 0 Å². The number of likely N-dealkylation sites (tertiary alicyclic amines) is 1. The lowest BCUT2D eigenvalue weighted by atomic mass is 9.88. The molecule has 0 unspecified atom stereocenters. The Morgan fingerprint density at radius 3 is 2.30 bits per heavy atom. The van der Waals surface area contributed by atoms with E-state index in [1.165, 1.54) is 5.56 Å². The second kappa shape index (κ2) is 11.8. The third-order valence-electron chi connectivity index (χ3n) is 6.07. The first kappa shape index (κ1) is 24.7. The molecule has 2 atom stereocenters. The van der Waals surface area contributed by atoms with E-state index in [0.717, 1.165) is 36.4 Å². The van der Waals surface area contributed by atoms with Gasteiger partial charge in [0.25, 0.3) is 0 Å². The number of likely N-dealkylation sites (N-methyl/N-ethyl adjacent to an activating group) is 2. The molecule has 0 aromatic heterocycles. The summed E-state index contributed by atoms with van der Waals surface area (Å²) in [5.74, 6) is 1.04. The summed E-state index contributed by atoms with van der Waals surface area (Å²) < 4.78 is 5.19. The first-order chi connectivity index (χ1) is 15.9. The molecular formula is C26H36N4O3. The topological polar surface area (TPSA) is 73.9 Å². The molecule has 0 aliphatic carbocycles. The van der Waals surface area contributed by atoms with E-state index in [1.807, 2.05) is 55.4 Å². The van der Waals surface area contributed by atoms with Crippen LogP contribution in [0.2, 0.25) is 0 Å². The molecule has 1 aliphatic rings. The molecule has 1 fully saturated rings. The number of hydrogen-bond donors (Lipinski definition) is 2. The Balaban J connectivity index is 1.53. The van der Waals surface area contributed by atoms with Crippen LogP contribution in [-0.4, -0.2) is 76.0 Å². The summed E-state index contributed by atoms with van der Waals surface area (Å²) >= 11 is 0. The maximum Gasteiger partial charge on any atom is 0.234 e. The van der Waals surface area contributed by atoms with Gasteiger partial charge in [-0.2, -0.15) is 0 Å². The molecule has 0 spiro atoms. The highest BCUT2D eigenvalue weighted by Crippen LogP contribution is 2.32. The number of ether oxygens (including phenoxy) is 1. The fraction of sp³-hybridized carbons (Fsp3) is 0.462. The summed E-state index contributed by atoms with van der Waals surface area (Å²) in [6.07, 6.45) is 0.789. The zero-order valence-electron chi connectivity index (χ0n) is 20.1. The minimum Gasteiger partial charge on any atom is -0.497 e. The van der Waals surface area contributed by atoms with Crippen molar-refractivity contribution in [2.75, 3.05) is 54.4 Å². The van der Waals surface area contributed by atoms with Gasteiger partial charge in [0, 0.05) is 32.1 Å². The van der Waals surface area contributed by atoms with Crippen LogP contribution < -0.4 is 15.4 Å². The third-order valence-corrected chi connectivity index (χ3v) is 6.07. The number of rotatable bonds is 10. The zero-order chi connectivity index (χ0) is 23.8. The SMILES string of the molecule is COc1ccc(CCNC(=O)[C@@H]2CN(C)C[C@H]2c2ccc(CNC(=O)CN(C)C)cc2)cc1. The van der Waals surface area contributed by atoms with Crippen molar-refractivity contribution in [3.8, 4) is 5.75 Å². The van der Waals surface area contributed by atoms with Crippen LogP contribution >= 0.6 is 0 Å². The molecule has 2 aromatic carbocycles. The third kappa shape index (κ3) is 7.30. The molecule has 178 valence electrons. The maximum absolute atomic E-state index is 13.0. The van der Waals surface area contributed by atoms with Gasteiger partial charge in [-0.25, -0.2) is 0 Å². The van der Waals surface area contributed by atoms with E-state index in [9.17, 15) is 9.59 Å². The maximum atomic E-state index is 13.0. The highest BCUT2D eigenvalue weighted by Gasteiger charge is 2.36. The number of carbonyl (C=O) groups excluding carboxylic acids is 2. The lowest BCUT2D eigenvalue weighted by molar-refractivity contribution is -0.125. The highest BCUT2D eigenvalue weighted by molar-refractivity contribution is 5.80. The molecule has 33 heavy (non-hydrogen) atoms. The van der Waals surface area contributed by atoms with Gasteiger partial charge in [0.2, 0.25) is 11.8 Å². The van der Waals surface area contributed by atoms with Crippen LogP contribution in [0.25, 0.3) is 0 Å². The Bertz CT molecular complexity index is 912. The van der Waals surface area contributed by atoms with Crippen LogP contribution in [0.3, 0.4) is 0 Å². The van der Waals surface area contributed by atoms with Gasteiger partial charge in [-0.15, -0.1) is 0 Å². The van der Waals surface area contributed by atoms with Gasteiger partial charge in [0.05, 0.1) is 19.6 Å². The van der Waals surface area contributed by atoms with E-state index in [4.69, 9.17) is 4.74 Å². The number of nitrogens with one attached hydrogen (secondary N) is 2. The normalized spacial score (nSPS) is 18.3. The summed E-state index contributed by atoms with van der Waals surface area (Å²) in [6.45, 7) is 3.11. The number of carbonyl (C=O) groups is 2. The van der Waals surface area contributed by atoms with E-state index in [-0.39, 0.29) is 23.7 Å². The summed E-state index contributed by atoms with van der Waals surface area (Å²) in [5, 5.41) is 6.07. The molecular weight excluding hydrogens is 416 g/mol. The van der Waals surface area contributed by atoms with Crippen molar-refractivity contribution in [3.05, 3.63) is 65.2 Å². The van der Waals surface area contributed by atoms with Crippen LogP contribution in [-0.2, 0) is 22.6 Å². The van der Waals surface area contributed by atoms with E-state index in [0.29, 0.717) is 19.6 Å². The van der Waals surface area contributed by atoms with E-state index in [2.05, 4.69) is 34.7 Å². The Morgan fingerprint density at radius 2 is 1.67 bits per heavy atom. The van der Waals surface area contributed by atoms with Gasteiger partial charge in [0.1, 0.15) is 5.75 Å². The fourth-order valence-corrected chi connectivity index (χ4v) is 4.28.